The summed E-state index contributed by atoms with van der Waals surface area (Å²) in [6.45, 7) is 2.98. The van der Waals surface area contributed by atoms with Crippen LogP contribution in [0.5, 0.6) is 0 Å². The van der Waals surface area contributed by atoms with Gasteiger partial charge in [0.05, 0.1) is 6.61 Å². The second kappa shape index (κ2) is 5.88. The van der Waals surface area contributed by atoms with Gasteiger partial charge in [-0.2, -0.15) is 4.39 Å². The van der Waals surface area contributed by atoms with Gasteiger partial charge in [0.1, 0.15) is 34.7 Å². The van der Waals surface area contributed by atoms with Gasteiger partial charge in [0, 0.05) is 16.5 Å². The fourth-order valence-corrected chi connectivity index (χ4v) is 3.09. The maximum absolute atomic E-state index is 13.8. The number of rotatable bonds is 2. The van der Waals surface area contributed by atoms with E-state index >= 15 is 0 Å². The van der Waals surface area contributed by atoms with Gasteiger partial charge in [-0.25, -0.2) is 4.98 Å². The molecular formula is C15H17FN2O4S. The predicted octanol–water partition coefficient (Wildman–Crippen LogP) is 1.20. The summed E-state index contributed by atoms with van der Waals surface area (Å²) in [6.07, 6.45) is -4.17. The first kappa shape index (κ1) is 16.4. The summed E-state index contributed by atoms with van der Waals surface area (Å²) in [5.74, 6) is -0.568. The van der Waals surface area contributed by atoms with Crippen LogP contribution in [0.3, 0.4) is 0 Å². The van der Waals surface area contributed by atoms with E-state index in [1.807, 2.05) is 0 Å². The summed E-state index contributed by atoms with van der Waals surface area (Å²) in [5, 5.41) is 29.9. The Morgan fingerprint density at radius 2 is 2.00 bits per heavy atom. The van der Waals surface area contributed by atoms with Crippen molar-refractivity contribution in [2.24, 2.45) is 0 Å². The molecule has 1 aliphatic rings. The number of aliphatic hydroxyl groups excluding tert-OH is 3. The molecule has 0 aromatic carbocycles. The van der Waals surface area contributed by atoms with E-state index in [9.17, 15) is 19.7 Å². The Morgan fingerprint density at radius 3 is 2.61 bits per heavy atom. The van der Waals surface area contributed by atoms with E-state index in [0.717, 1.165) is 0 Å². The molecular weight excluding hydrogens is 323 g/mol. The molecule has 2 aromatic heterocycles. The molecule has 4 unspecified atom stereocenters. The Labute approximate surface area is 136 Å². The molecule has 8 heteroatoms. The fraction of sp³-hybridized carbons (Fsp3) is 0.467. The summed E-state index contributed by atoms with van der Waals surface area (Å²) in [7, 11) is 0. The lowest BCUT2D eigenvalue weighted by atomic mass is 10.0. The molecule has 0 spiro atoms. The molecule has 0 aliphatic carbocycles. The van der Waals surface area contributed by atoms with E-state index in [4.69, 9.17) is 17.0 Å². The zero-order valence-electron chi connectivity index (χ0n) is 12.6. The molecule has 6 nitrogen and oxygen atoms in total. The highest BCUT2D eigenvalue weighted by Crippen LogP contribution is 2.35. The lowest BCUT2D eigenvalue weighted by Gasteiger charge is -2.16. The molecule has 23 heavy (non-hydrogen) atoms. The topological polar surface area (TPSA) is 98.6 Å². The highest BCUT2D eigenvalue weighted by atomic mass is 32.1. The average Bonchev–Trinajstić information content (AvgIpc) is 2.80. The van der Waals surface area contributed by atoms with Gasteiger partial charge in [-0.1, -0.05) is 12.2 Å². The Hall–Kier alpha value is -1.45. The standard InChI is InChI=1S/C15H17FN2O4S/c1-5-6(2)13(16)17-14-7(5)3-8(15(23)18-14)12-11(21)10(20)9(4-19)22-12/h3,9-12,19-21H,4H2,1-2H3,(H,17,18,23). The van der Waals surface area contributed by atoms with Gasteiger partial charge in [-0.15, -0.1) is 0 Å². The monoisotopic (exact) mass is 340 g/mol. The predicted molar refractivity (Wildman–Crippen MR) is 83.1 cm³/mol. The van der Waals surface area contributed by atoms with Crippen LogP contribution < -0.4 is 0 Å². The van der Waals surface area contributed by atoms with Crippen molar-refractivity contribution in [3.05, 3.63) is 33.3 Å². The molecule has 0 saturated carbocycles. The minimum Gasteiger partial charge on any atom is -0.394 e. The van der Waals surface area contributed by atoms with E-state index in [1.54, 1.807) is 19.9 Å². The lowest BCUT2D eigenvalue weighted by molar-refractivity contribution is -0.0229. The number of hydrogen-bond donors (Lipinski definition) is 4. The molecule has 3 heterocycles. The SMILES string of the molecule is Cc1c(F)nc2[nH]c(=S)c(C3OC(CO)C(O)C3O)cc2c1C. The van der Waals surface area contributed by atoms with Crippen molar-refractivity contribution >= 4 is 23.3 Å². The minimum atomic E-state index is -1.21. The van der Waals surface area contributed by atoms with Gasteiger partial charge < -0.3 is 25.0 Å². The summed E-state index contributed by atoms with van der Waals surface area (Å²) in [5.41, 5.74) is 1.90. The minimum absolute atomic E-state index is 0.238. The number of nitrogens with zero attached hydrogens (tertiary/aromatic N) is 1. The molecule has 1 fully saturated rings. The van der Waals surface area contributed by atoms with Crippen LogP contribution in [-0.4, -0.2) is 50.2 Å². The Bertz CT molecular complexity index is 825. The van der Waals surface area contributed by atoms with Crippen molar-refractivity contribution in [2.75, 3.05) is 6.61 Å². The maximum atomic E-state index is 13.8. The van der Waals surface area contributed by atoms with Crippen molar-refractivity contribution in [2.45, 2.75) is 38.3 Å². The quantitative estimate of drug-likeness (QED) is 0.484. The normalized spacial score (nSPS) is 27.7. The Kier molecular flexibility index (Phi) is 4.19. The number of pyridine rings is 2. The molecule has 2 aromatic rings. The highest BCUT2D eigenvalue weighted by Gasteiger charge is 2.43. The van der Waals surface area contributed by atoms with Crippen LogP contribution in [0.15, 0.2) is 6.07 Å². The van der Waals surface area contributed by atoms with E-state index in [-0.39, 0.29) is 4.64 Å². The number of H-pyrrole nitrogens is 1. The van der Waals surface area contributed by atoms with Crippen molar-refractivity contribution in [3.8, 4) is 0 Å². The van der Waals surface area contributed by atoms with E-state index < -0.39 is 37.0 Å². The van der Waals surface area contributed by atoms with Crippen molar-refractivity contribution in [3.63, 3.8) is 0 Å². The third-order valence-electron chi connectivity index (χ3n) is 4.38. The number of nitrogens with one attached hydrogen (secondary N) is 1. The Balaban J connectivity index is 2.16. The van der Waals surface area contributed by atoms with Crippen LogP contribution in [0.2, 0.25) is 0 Å². The summed E-state index contributed by atoms with van der Waals surface area (Å²) < 4.78 is 19.5. The lowest BCUT2D eigenvalue weighted by Crippen LogP contribution is -2.32. The number of hydrogen-bond acceptors (Lipinski definition) is 6. The van der Waals surface area contributed by atoms with Crippen LogP contribution in [0.4, 0.5) is 4.39 Å². The molecule has 124 valence electrons. The molecule has 1 saturated heterocycles. The first-order chi connectivity index (χ1) is 10.8. The summed E-state index contributed by atoms with van der Waals surface area (Å²) >= 11 is 5.25. The third-order valence-corrected chi connectivity index (χ3v) is 4.72. The number of aliphatic hydroxyl groups is 3. The van der Waals surface area contributed by atoms with Crippen LogP contribution >= 0.6 is 12.2 Å². The second-order valence-corrected chi connectivity index (χ2v) is 6.14. The number of aryl methyl sites for hydroxylation is 1. The van der Waals surface area contributed by atoms with Gasteiger partial charge in [-0.05, 0) is 25.5 Å². The van der Waals surface area contributed by atoms with Crippen molar-refractivity contribution < 1.29 is 24.4 Å². The van der Waals surface area contributed by atoms with E-state index in [1.165, 1.54) is 0 Å². The van der Waals surface area contributed by atoms with Gasteiger partial charge >= 0.3 is 0 Å². The Morgan fingerprint density at radius 1 is 1.30 bits per heavy atom. The first-order valence-corrected chi connectivity index (χ1v) is 7.58. The number of ether oxygens (including phenoxy) is 1. The molecule has 0 amide bonds. The van der Waals surface area contributed by atoms with Gasteiger partial charge in [0.15, 0.2) is 0 Å². The molecule has 0 radical (unpaired) electrons. The first-order valence-electron chi connectivity index (χ1n) is 7.17. The number of aromatic amines is 1. The maximum Gasteiger partial charge on any atom is 0.218 e. The third kappa shape index (κ3) is 2.56. The van der Waals surface area contributed by atoms with Crippen molar-refractivity contribution in [1.29, 1.82) is 0 Å². The number of aromatic nitrogens is 2. The average molecular weight is 340 g/mol. The van der Waals surface area contributed by atoms with Gasteiger partial charge in [-0.3, -0.25) is 0 Å². The molecule has 4 atom stereocenters. The molecule has 4 N–H and O–H groups in total. The fourth-order valence-electron chi connectivity index (χ4n) is 2.82. The van der Waals surface area contributed by atoms with Crippen LogP contribution in [0.1, 0.15) is 22.8 Å². The van der Waals surface area contributed by atoms with E-state index in [0.29, 0.717) is 27.7 Å². The second-order valence-electron chi connectivity index (χ2n) is 5.73. The largest absolute Gasteiger partial charge is 0.394 e. The zero-order valence-corrected chi connectivity index (χ0v) is 13.4. The van der Waals surface area contributed by atoms with Crippen LogP contribution in [0, 0.1) is 24.4 Å². The van der Waals surface area contributed by atoms with Gasteiger partial charge in [0.2, 0.25) is 5.95 Å². The van der Waals surface area contributed by atoms with Crippen molar-refractivity contribution in [1.82, 2.24) is 9.97 Å². The highest BCUT2D eigenvalue weighted by molar-refractivity contribution is 7.71. The summed E-state index contributed by atoms with van der Waals surface area (Å²) in [4.78, 5) is 6.69. The number of fused-ring (bicyclic) bond motifs is 1. The van der Waals surface area contributed by atoms with Gasteiger partial charge in [0.25, 0.3) is 0 Å². The molecule has 3 rings (SSSR count). The molecule has 1 aliphatic heterocycles. The molecule has 0 bridgehead atoms. The van der Waals surface area contributed by atoms with Crippen LogP contribution in [-0.2, 0) is 4.74 Å². The summed E-state index contributed by atoms with van der Waals surface area (Å²) in [6, 6.07) is 1.68. The zero-order chi connectivity index (χ0) is 16.9. The van der Waals surface area contributed by atoms with Crippen LogP contribution in [0.25, 0.3) is 11.0 Å². The number of halogens is 1. The van der Waals surface area contributed by atoms with E-state index in [2.05, 4.69) is 9.97 Å². The smallest absolute Gasteiger partial charge is 0.218 e.